The van der Waals surface area contributed by atoms with Gasteiger partial charge in [0.05, 0.1) is 11.5 Å². The molecule has 3 heteroatoms. The molecule has 0 radical (unpaired) electrons. The minimum Gasteiger partial charge on any atom is -0.207 e. The third kappa shape index (κ3) is 3.41. The summed E-state index contributed by atoms with van der Waals surface area (Å²) in [6.07, 6.45) is 4.49. The van der Waals surface area contributed by atoms with Crippen molar-refractivity contribution in [2.45, 2.75) is 46.0 Å². The van der Waals surface area contributed by atoms with Crippen LogP contribution in [-0.4, -0.2) is 0 Å². The van der Waals surface area contributed by atoms with Crippen molar-refractivity contribution in [1.29, 1.82) is 5.26 Å². The van der Waals surface area contributed by atoms with Crippen LogP contribution in [-0.2, 0) is 6.42 Å². The van der Waals surface area contributed by atoms with E-state index < -0.39 is 0 Å². The monoisotopic (exact) mass is 337 g/mol. The Morgan fingerprint density at radius 3 is 2.55 bits per heavy atom. The molecule has 0 N–H and O–H groups in total. The van der Waals surface area contributed by atoms with E-state index in [9.17, 15) is 9.65 Å². The van der Waals surface area contributed by atoms with Crippen LogP contribution in [0.5, 0.6) is 0 Å². The lowest BCUT2D eigenvalue weighted by molar-refractivity contribution is 0.174. The van der Waals surface area contributed by atoms with Crippen LogP contribution in [0.2, 0.25) is 0 Å². The number of nitriles is 1. The number of rotatable bonds is 3. The fraction of sp³-hybridized carbons (Fsp3) is 0.588. The van der Waals surface area contributed by atoms with Gasteiger partial charge in [-0.3, -0.25) is 0 Å². The van der Waals surface area contributed by atoms with Crippen molar-refractivity contribution in [2.24, 2.45) is 17.3 Å². The molecule has 0 unspecified atom stereocenters. The Balaban J connectivity index is 2.12. The average Bonchev–Trinajstić information content (AvgIpc) is 2.42. The van der Waals surface area contributed by atoms with Gasteiger partial charge in [-0.1, -0.05) is 35.8 Å². The molecule has 0 amide bonds. The number of hydrogen-bond acceptors (Lipinski definition) is 1. The van der Waals surface area contributed by atoms with E-state index in [-0.39, 0.29) is 11.2 Å². The zero-order chi connectivity index (χ0) is 14.8. The average molecular weight is 338 g/mol. The van der Waals surface area contributed by atoms with Gasteiger partial charge in [-0.25, -0.2) is 4.39 Å². The van der Waals surface area contributed by atoms with Gasteiger partial charge in [0.2, 0.25) is 0 Å². The summed E-state index contributed by atoms with van der Waals surface area (Å²) in [5.41, 5.74) is 0.290. The molecule has 108 valence electrons. The van der Waals surface area contributed by atoms with E-state index >= 15 is 0 Å². The third-order valence-electron chi connectivity index (χ3n) is 4.71. The van der Waals surface area contributed by atoms with Crippen LogP contribution < -0.4 is 0 Å². The zero-order valence-corrected chi connectivity index (χ0v) is 13.7. The quantitative estimate of drug-likeness (QED) is 0.715. The fourth-order valence-electron chi connectivity index (χ4n) is 3.22. The lowest BCUT2D eigenvalue weighted by Crippen LogP contribution is -2.30. The van der Waals surface area contributed by atoms with Crippen LogP contribution >= 0.6 is 15.9 Å². The van der Waals surface area contributed by atoms with Crippen molar-refractivity contribution in [3.8, 4) is 6.07 Å². The molecule has 0 atom stereocenters. The molecule has 1 aromatic carbocycles. The first-order valence-corrected chi connectivity index (χ1v) is 8.10. The van der Waals surface area contributed by atoms with Crippen molar-refractivity contribution in [3.63, 3.8) is 0 Å². The highest BCUT2D eigenvalue weighted by molar-refractivity contribution is 9.10. The molecule has 0 spiro atoms. The summed E-state index contributed by atoms with van der Waals surface area (Å²) in [5, 5.41) is 9.59. The summed E-state index contributed by atoms with van der Waals surface area (Å²) in [7, 11) is 0. The maximum atomic E-state index is 14.0. The van der Waals surface area contributed by atoms with Crippen LogP contribution in [0.3, 0.4) is 0 Å². The summed E-state index contributed by atoms with van der Waals surface area (Å²) in [5.74, 6) is 1.18. The molecular formula is C17H21BrFN. The van der Waals surface area contributed by atoms with Crippen LogP contribution in [0.1, 0.15) is 45.1 Å². The highest BCUT2D eigenvalue weighted by atomic mass is 79.9. The second-order valence-electron chi connectivity index (χ2n) is 6.39. The van der Waals surface area contributed by atoms with Gasteiger partial charge < -0.3 is 0 Å². The molecule has 1 aliphatic carbocycles. The lowest BCUT2D eigenvalue weighted by atomic mass is 9.66. The van der Waals surface area contributed by atoms with Gasteiger partial charge in [0.25, 0.3) is 0 Å². The first-order chi connectivity index (χ1) is 9.46. The van der Waals surface area contributed by atoms with E-state index in [1.807, 2.05) is 6.07 Å². The smallest absolute Gasteiger partial charge is 0.127 e. The Morgan fingerprint density at radius 1 is 1.40 bits per heavy atom. The minimum absolute atomic E-state index is 0.208. The summed E-state index contributed by atoms with van der Waals surface area (Å²) in [6, 6.07) is 7.62. The first-order valence-electron chi connectivity index (χ1n) is 7.31. The fourth-order valence-corrected chi connectivity index (χ4v) is 3.55. The molecule has 1 aliphatic rings. The van der Waals surface area contributed by atoms with Gasteiger partial charge in [0.1, 0.15) is 5.82 Å². The Labute approximate surface area is 129 Å². The SMILES string of the molecule is CC(C)C1CCC(C#N)(Cc2ccc(Br)cc2F)CC1. The largest absolute Gasteiger partial charge is 0.207 e. The molecule has 1 aromatic rings. The van der Waals surface area contributed by atoms with Crippen molar-refractivity contribution in [3.05, 3.63) is 34.1 Å². The van der Waals surface area contributed by atoms with E-state index in [0.29, 0.717) is 23.8 Å². The first kappa shape index (κ1) is 15.5. The van der Waals surface area contributed by atoms with Gasteiger partial charge in [0, 0.05) is 4.47 Å². The second-order valence-corrected chi connectivity index (χ2v) is 7.30. The molecule has 0 aromatic heterocycles. The van der Waals surface area contributed by atoms with Gasteiger partial charge in [-0.05, 0) is 61.6 Å². The Hall–Kier alpha value is -0.880. The standard InChI is InChI=1S/C17H21BrFN/c1-12(2)13-5-7-17(11-20,8-6-13)10-14-3-4-15(18)9-16(14)19/h3-4,9,12-13H,5-8,10H2,1-2H3. The molecule has 1 saturated carbocycles. The Morgan fingerprint density at radius 2 is 2.05 bits per heavy atom. The highest BCUT2D eigenvalue weighted by Gasteiger charge is 2.36. The highest BCUT2D eigenvalue weighted by Crippen LogP contribution is 2.43. The molecule has 1 fully saturated rings. The molecule has 0 heterocycles. The van der Waals surface area contributed by atoms with E-state index in [1.54, 1.807) is 6.07 Å². The van der Waals surface area contributed by atoms with Crippen molar-refractivity contribution >= 4 is 15.9 Å². The molecule has 0 bridgehead atoms. The number of halogens is 2. The Kier molecular flexibility index (Phi) is 4.86. The van der Waals surface area contributed by atoms with Crippen molar-refractivity contribution in [2.75, 3.05) is 0 Å². The molecule has 0 saturated heterocycles. The van der Waals surface area contributed by atoms with E-state index in [2.05, 4.69) is 35.8 Å². The summed E-state index contributed by atoms with van der Waals surface area (Å²) in [4.78, 5) is 0. The van der Waals surface area contributed by atoms with E-state index in [1.165, 1.54) is 6.07 Å². The van der Waals surface area contributed by atoms with E-state index in [0.717, 1.165) is 30.2 Å². The maximum absolute atomic E-state index is 14.0. The van der Waals surface area contributed by atoms with Gasteiger partial charge in [0.15, 0.2) is 0 Å². The van der Waals surface area contributed by atoms with Crippen LogP contribution in [0, 0.1) is 34.4 Å². The molecular weight excluding hydrogens is 317 g/mol. The topological polar surface area (TPSA) is 23.8 Å². The molecule has 2 rings (SSSR count). The summed E-state index contributed by atoms with van der Waals surface area (Å²) >= 11 is 3.27. The predicted molar refractivity (Wildman–Crippen MR) is 82.6 cm³/mol. The van der Waals surface area contributed by atoms with Crippen LogP contribution in [0.4, 0.5) is 4.39 Å². The summed E-state index contributed by atoms with van der Waals surface area (Å²) < 4.78 is 14.7. The number of benzene rings is 1. The van der Waals surface area contributed by atoms with Crippen molar-refractivity contribution < 1.29 is 4.39 Å². The van der Waals surface area contributed by atoms with E-state index in [4.69, 9.17) is 0 Å². The molecule has 1 nitrogen and oxygen atoms in total. The second kappa shape index (κ2) is 6.26. The number of nitrogens with zero attached hydrogens (tertiary/aromatic N) is 1. The number of hydrogen-bond donors (Lipinski definition) is 0. The van der Waals surface area contributed by atoms with Gasteiger partial charge in [-0.2, -0.15) is 5.26 Å². The zero-order valence-electron chi connectivity index (χ0n) is 12.1. The van der Waals surface area contributed by atoms with Crippen LogP contribution in [0.15, 0.2) is 22.7 Å². The predicted octanol–water partition coefficient (Wildman–Crippen LogP) is 5.49. The van der Waals surface area contributed by atoms with Crippen LogP contribution in [0.25, 0.3) is 0 Å². The van der Waals surface area contributed by atoms with Gasteiger partial charge >= 0.3 is 0 Å². The molecule has 20 heavy (non-hydrogen) atoms. The summed E-state index contributed by atoms with van der Waals surface area (Å²) in [6.45, 7) is 4.50. The maximum Gasteiger partial charge on any atom is 0.127 e. The lowest BCUT2D eigenvalue weighted by Gasteiger charge is -2.36. The van der Waals surface area contributed by atoms with Crippen molar-refractivity contribution in [1.82, 2.24) is 0 Å². The molecule has 0 aliphatic heterocycles. The normalized spacial score (nSPS) is 26.5. The Bertz CT molecular complexity index is 510. The minimum atomic E-state index is -0.375. The van der Waals surface area contributed by atoms with Gasteiger partial charge in [-0.15, -0.1) is 0 Å². The third-order valence-corrected chi connectivity index (χ3v) is 5.20.